The maximum absolute atomic E-state index is 11.7. The highest BCUT2D eigenvalue weighted by atomic mass is 16.5. The number of hydrogen-bond acceptors (Lipinski definition) is 4. The van der Waals surface area contributed by atoms with E-state index < -0.39 is 6.10 Å². The van der Waals surface area contributed by atoms with Crippen LogP contribution in [0.4, 0.5) is 0 Å². The number of amides is 1. The van der Waals surface area contributed by atoms with Crippen molar-refractivity contribution in [3.05, 3.63) is 23.8 Å². The molecule has 0 fully saturated rings. The van der Waals surface area contributed by atoms with Crippen LogP contribution in [0.5, 0.6) is 11.5 Å². The number of benzene rings is 1. The van der Waals surface area contributed by atoms with Crippen LogP contribution in [0.25, 0.3) is 0 Å². The summed E-state index contributed by atoms with van der Waals surface area (Å²) in [6.45, 7) is 3.15. The zero-order valence-electron chi connectivity index (χ0n) is 11.9. The highest BCUT2D eigenvalue weighted by Gasteiger charge is 2.18. The molecule has 1 aromatic carbocycles. The first-order valence-corrected chi connectivity index (χ1v) is 5.93. The molecule has 0 aliphatic carbocycles. The molecule has 19 heavy (non-hydrogen) atoms. The van der Waals surface area contributed by atoms with Crippen LogP contribution in [-0.4, -0.2) is 43.9 Å². The van der Waals surface area contributed by atoms with Crippen molar-refractivity contribution >= 4 is 11.7 Å². The lowest BCUT2D eigenvalue weighted by molar-refractivity contribution is -0.135. The van der Waals surface area contributed by atoms with Crippen LogP contribution in [0.2, 0.25) is 0 Å². The number of ether oxygens (including phenoxy) is 2. The lowest BCUT2D eigenvalue weighted by Crippen LogP contribution is -2.35. The second-order valence-corrected chi connectivity index (χ2v) is 4.41. The summed E-state index contributed by atoms with van der Waals surface area (Å²) in [5.41, 5.74) is 0.538. The van der Waals surface area contributed by atoms with E-state index in [0.717, 1.165) is 0 Å². The second kappa shape index (κ2) is 6.22. The standard InChI is InChI=1S/C14H19NO4/c1-9(16)11-6-7-12(13(8-11)18-5)19-10(2)14(17)15(3)4/h6-8,10H,1-5H3. The number of hydrogen-bond donors (Lipinski definition) is 0. The van der Waals surface area contributed by atoms with E-state index in [2.05, 4.69) is 0 Å². The summed E-state index contributed by atoms with van der Waals surface area (Å²) in [4.78, 5) is 24.5. The molecule has 1 rings (SSSR count). The van der Waals surface area contributed by atoms with Gasteiger partial charge in [-0.15, -0.1) is 0 Å². The molecule has 1 atom stereocenters. The Hall–Kier alpha value is -2.04. The fourth-order valence-electron chi connectivity index (χ4n) is 1.59. The van der Waals surface area contributed by atoms with Gasteiger partial charge in [0.25, 0.3) is 5.91 Å². The van der Waals surface area contributed by atoms with Crippen molar-refractivity contribution in [2.75, 3.05) is 21.2 Å². The van der Waals surface area contributed by atoms with E-state index >= 15 is 0 Å². The van der Waals surface area contributed by atoms with Gasteiger partial charge in [0.2, 0.25) is 0 Å². The van der Waals surface area contributed by atoms with Crippen molar-refractivity contribution in [3.8, 4) is 11.5 Å². The zero-order chi connectivity index (χ0) is 14.6. The van der Waals surface area contributed by atoms with Crippen LogP contribution >= 0.6 is 0 Å². The summed E-state index contributed by atoms with van der Waals surface area (Å²) >= 11 is 0. The van der Waals surface area contributed by atoms with Crippen LogP contribution in [0.1, 0.15) is 24.2 Å². The van der Waals surface area contributed by atoms with E-state index in [4.69, 9.17) is 9.47 Å². The van der Waals surface area contributed by atoms with Crippen molar-refractivity contribution in [3.63, 3.8) is 0 Å². The summed E-state index contributed by atoms with van der Waals surface area (Å²) in [6.07, 6.45) is -0.618. The van der Waals surface area contributed by atoms with Crippen LogP contribution in [-0.2, 0) is 4.79 Å². The Bertz CT molecular complexity index is 482. The molecule has 5 heteroatoms. The van der Waals surface area contributed by atoms with Gasteiger partial charge in [-0.2, -0.15) is 0 Å². The van der Waals surface area contributed by atoms with E-state index in [-0.39, 0.29) is 11.7 Å². The van der Waals surface area contributed by atoms with E-state index in [1.54, 1.807) is 39.2 Å². The average Bonchev–Trinajstić information content (AvgIpc) is 2.37. The van der Waals surface area contributed by atoms with Gasteiger partial charge in [0.15, 0.2) is 23.4 Å². The second-order valence-electron chi connectivity index (χ2n) is 4.41. The first-order valence-electron chi connectivity index (χ1n) is 5.93. The molecule has 0 N–H and O–H groups in total. The van der Waals surface area contributed by atoms with Crippen molar-refractivity contribution in [2.45, 2.75) is 20.0 Å². The molecule has 0 aliphatic heterocycles. The number of nitrogens with zero attached hydrogens (tertiary/aromatic N) is 1. The molecule has 5 nitrogen and oxygen atoms in total. The fourth-order valence-corrected chi connectivity index (χ4v) is 1.59. The number of Topliss-reactive ketones (excluding diaryl/α,β-unsaturated/α-hetero) is 1. The Balaban J connectivity index is 2.95. The molecule has 1 unspecified atom stereocenters. The summed E-state index contributed by atoms with van der Waals surface area (Å²) in [5, 5.41) is 0. The highest BCUT2D eigenvalue weighted by molar-refractivity contribution is 5.94. The first kappa shape index (κ1) is 15.0. The van der Waals surface area contributed by atoms with Crippen molar-refractivity contribution in [2.24, 2.45) is 0 Å². The van der Waals surface area contributed by atoms with E-state index in [1.165, 1.54) is 18.9 Å². The molecule has 1 amide bonds. The van der Waals surface area contributed by atoms with Crippen molar-refractivity contribution in [1.29, 1.82) is 0 Å². The van der Waals surface area contributed by atoms with E-state index in [1.807, 2.05) is 0 Å². The molecular formula is C14H19NO4. The summed E-state index contributed by atoms with van der Waals surface area (Å²) < 4.78 is 10.7. The minimum Gasteiger partial charge on any atom is -0.493 e. The van der Waals surface area contributed by atoms with Gasteiger partial charge >= 0.3 is 0 Å². The molecule has 0 spiro atoms. The number of carbonyl (C=O) groups is 2. The minimum atomic E-state index is -0.618. The van der Waals surface area contributed by atoms with Crippen LogP contribution in [0, 0.1) is 0 Å². The molecule has 0 radical (unpaired) electrons. The quantitative estimate of drug-likeness (QED) is 0.761. The molecule has 104 valence electrons. The zero-order valence-corrected chi connectivity index (χ0v) is 11.9. The van der Waals surface area contributed by atoms with Gasteiger partial charge in [-0.3, -0.25) is 9.59 Å². The maximum atomic E-state index is 11.7. The number of ketones is 1. The van der Waals surface area contributed by atoms with Gasteiger partial charge in [-0.25, -0.2) is 0 Å². The number of methoxy groups -OCH3 is 1. The van der Waals surface area contributed by atoms with E-state index in [0.29, 0.717) is 17.1 Å². The third kappa shape index (κ3) is 3.71. The number of carbonyl (C=O) groups excluding carboxylic acids is 2. The Morgan fingerprint density at radius 3 is 2.32 bits per heavy atom. The third-order valence-electron chi connectivity index (χ3n) is 2.66. The molecule has 0 saturated carbocycles. The average molecular weight is 265 g/mol. The van der Waals surface area contributed by atoms with Gasteiger partial charge in [-0.05, 0) is 32.0 Å². The Kier molecular flexibility index (Phi) is 4.92. The van der Waals surface area contributed by atoms with Crippen LogP contribution < -0.4 is 9.47 Å². The van der Waals surface area contributed by atoms with Gasteiger partial charge in [0.1, 0.15) is 0 Å². The minimum absolute atomic E-state index is 0.0535. The van der Waals surface area contributed by atoms with Gasteiger partial charge in [0, 0.05) is 19.7 Å². The van der Waals surface area contributed by atoms with E-state index in [9.17, 15) is 9.59 Å². The van der Waals surface area contributed by atoms with Crippen molar-refractivity contribution in [1.82, 2.24) is 4.90 Å². The summed E-state index contributed by atoms with van der Waals surface area (Å²) in [7, 11) is 4.82. The first-order chi connectivity index (χ1) is 8.86. The summed E-state index contributed by atoms with van der Waals surface area (Å²) in [6, 6.07) is 4.88. The SMILES string of the molecule is COc1cc(C(C)=O)ccc1OC(C)C(=O)N(C)C. The molecule has 0 saturated heterocycles. The van der Waals surface area contributed by atoms with Gasteiger partial charge in [-0.1, -0.05) is 0 Å². The Labute approximate surface area is 113 Å². The number of rotatable bonds is 5. The highest BCUT2D eigenvalue weighted by Crippen LogP contribution is 2.29. The Morgan fingerprint density at radius 2 is 1.84 bits per heavy atom. The Morgan fingerprint density at radius 1 is 1.21 bits per heavy atom. The number of likely N-dealkylation sites (N-methyl/N-ethyl adjacent to an activating group) is 1. The fraction of sp³-hybridized carbons (Fsp3) is 0.429. The van der Waals surface area contributed by atoms with Crippen molar-refractivity contribution < 1.29 is 19.1 Å². The predicted molar refractivity (Wildman–Crippen MR) is 71.8 cm³/mol. The monoisotopic (exact) mass is 265 g/mol. The normalized spacial score (nSPS) is 11.6. The van der Waals surface area contributed by atoms with Gasteiger partial charge < -0.3 is 14.4 Å². The maximum Gasteiger partial charge on any atom is 0.262 e. The third-order valence-corrected chi connectivity index (χ3v) is 2.66. The smallest absolute Gasteiger partial charge is 0.262 e. The van der Waals surface area contributed by atoms with Gasteiger partial charge in [0.05, 0.1) is 7.11 Å². The largest absolute Gasteiger partial charge is 0.493 e. The predicted octanol–water partition coefficient (Wildman–Crippen LogP) is 1.75. The lowest BCUT2D eigenvalue weighted by Gasteiger charge is -2.19. The lowest BCUT2D eigenvalue weighted by atomic mass is 10.1. The summed E-state index contributed by atoms with van der Waals surface area (Å²) in [5.74, 6) is 0.682. The molecule has 0 heterocycles. The molecule has 1 aromatic rings. The molecule has 0 aromatic heterocycles. The van der Waals surface area contributed by atoms with Crippen LogP contribution in [0.3, 0.4) is 0 Å². The molecule has 0 aliphatic rings. The molecule has 0 bridgehead atoms. The topological polar surface area (TPSA) is 55.8 Å². The van der Waals surface area contributed by atoms with Crippen LogP contribution in [0.15, 0.2) is 18.2 Å². The molecular weight excluding hydrogens is 246 g/mol.